The fourth-order valence-corrected chi connectivity index (χ4v) is 1.13. The summed E-state index contributed by atoms with van der Waals surface area (Å²) in [6.07, 6.45) is 1.98. The molecule has 1 unspecified atom stereocenters. The molecule has 0 saturated carbocycles. The van der Waals surface area contributed by atoms with E-state index in [0.717, 1.165) is 19.4 Å². The Morgan fingerprint density at radius 1 is 1.33 bits per heavy atom. The summed E-state index contributed by atoms with van der Waals surface area (Å²) in [5, 5.41) is 3.41. The highest BCUT2D eigenvalue weighted by Crippen LogP contribution is 1.93. The molecule has 0 aliphatic carbocycles. The number of rotatable bonds is 9. The highest BCUT2D eigenvalue weighted by molar-refractivity contribution is 4.98. The van der Waals surface area contributed by atoms with Gasteiger partial charge in [0.2, 0.25) is 0 Å². The van der Waals surface area contributed by atoms with Gasteiger partial charge < -0.3 is 14.8 Å². The molecular formula is C12H23NO2. The lowest BCUT2D eigenvalue weighted by atomic mass is 10.2. The molecule has 3 heteroatoms. The van der Waals surface area contributed by atoms with Gasteiger partial charge in [0.25, 0.3) is 0 Å². The van der Waals surface area contributed by atoms with Crippen LogP contribution >= 0.6 is 0 Å². The van der Waals surface area contributed by atoms with Crippen molar-refractivity contribution < 1.29 is 9.47 Å². The van der Waals surface area contributed by atoms with Gasteiger partial charge >= 0.3 is 0 Å². The monoisotopic (exact) mass is 213 g/mol. The summed E-state index contributed by atoms with van der Waals surface area (Å²) in [5.74, 6) is 5.98. The van der Waals surface area contributed by atoms with E-state index in [0.29, 0.717) is 25.9 Å². The minimum atomic E-state index is 0.342. The van der Waals surface area contributed by atoms with Gasteiger partial charge in [0.15, 0.2) is 0 Å². The van der Waals surface area contributed by atoms with E-state index in [2.05, 4.69) is 24.1 Å². The van der Waals surface area contributed by atoms with Crippen molar-refractivity contribution in [3.8, 4) is 11.8 Å². The van der Waals surface area contributed by atoms with Gasteiger partial charge in [-0.1, -0.05) is 6.92 Å². The summed E-state index contributed by atoms with van der Waals surface area (Å²) in [4.78, 5) is 0. The second-order valence-corrected chi connectivity index (χ2v) is 3.35. The fourth-order valence-electron chi connectivity index (χ4n) is 1.13. The van der Waals surface area contributed by atoms with Gasteiger partial charge in [0, 0.05) is 19.6 Å². The first-order valence-electron chi connectivity index (χ1n) is 5.54. The maximum absolute atomic E-state index is 5.48. The van der Waals surface area contributed by atoms with E-state index in [-0.39, 0.29) is 0 Å². The molecule has 0 rings (SSSR count). The Morgan fingerprint density at radius 2 is 2.13 bits per heavy atom. The standard InChI is InChI=1S/C12H23NO2/c1-4-6-7-12(13-8-5-2)11-15-10-9-14-3/h12-13H,5,7-11H2,1-3H3. The molecule has 0 fully saturated rings. The van der Waals surface area contributed by atoms with Crippen molar-refractivity contribution in [3.63, 3.8) is 0 Å². The molecule has 0 aromatic rings. The lowest BCUT2D eigenvalue weighted by molar-refractivity contribution is 0.0594. The number of ether oxygens (including phenoxy) is 2. The van der Waals surface area contributed by atoms with Crippen LogP contribution in [0.2, 0.25) is 0 Å². The topological polar surface area (TPSA) is 30.5 Å². The van der Waals surface area contributed by atoms with Crippen LogP contribution in [0.5, 0.6) is 0 Å². The minimum absolute atomic E-state index is 0.342. The van der Waals surface area contributed by atoms with Crippen LogP contribution in [0.4, 0.5) is 0 Å². The Balaban J connectivity index is 3.62. The Labute approximate surface area is 93.5 Å². The first kappa shape index (κ1) is 14.4. The first-order valence-corrected chi connectivity index (χ1v) is 5.54. The zero-order valence-electron chi connectivity index (χ0n) is 10.1. The maximum Gasteiger partial charge on any atom is 0.0701 e. The van der Waals surface area contributed by atoms with E-state index in [4.69, 9.17) is 9.47 Å². The van der Waals surface area contributed by atoms with Gasteiger partial charge in [0.1, 0.15) is 0 Å². The van der Waals surface area contributed by atoms with E-state index in [1.54, 1.807) is 7.11 Å². The minimum Gasteiger partial charge on any atom is -0.382 e. The van der Waals surface area contributed by atoms with Crippen molar-refractivity contribution in [1.29, 1.82) is 0 Å². The molecule has 1 N–H and O–H groups in total. The smallest absolute Gasteiger partial charge is 0.0701 e. The molecule has 3 nitrogen and oxygen atoms in total. The van der Waals surface area contributed by atoms with Gasteiger partial charge in [-0.05, 0) is 19.9 Å². The van der Waals surface area contributed by atoms with Crippen LogP contribution in [0.1, 0.15) is 26.7 Å². The van der Waals surface area contributed by atoms with Crippen LogP contribution in [-0.2, 0) is 9.47 Å². The van der Waals surface area contributed by atoms with Crippen molar-refractivity contribution >= 4 is 0 Å². The van der Waals surface area contributed by atoms with Crippen LogP contribution in [0, 0.1) is 11.8 Å². The zero-order chi connectivity index (χ0) is 11.4. The van der Waals surface area contributed by atoms with Crippen LogP contribution in [-0.4, -0.2) is 39.5 Å². The summed E-state index contributed by atoms with van der Waals surface area (Å²) in [7, 11) is 1.68. The van der Waals surface area contributed by atoms with Gasteiger partial charge in [-0.15, -0.1) is 11.8 Å². The Bertz CT molecular complexity index is 184. The molecule has 0 aliphatic rings. The summed E-state index contributed by atoms with van der Waals surface area (Å²) in [6.45, 7) is 7.05. The lowest BCUT2D eigenvalue weighted by Gasteiger charge is -2.15. The summed E-state index contributed by atoms with van der Waals surface area (Å²) >= 11 is 0. The summed E-state index contributed by atoms with van der Waals surface area (Å²) in [6, 6.07) is 0.342. The first-order chi connectivity index (χ1) is 7.35. The van der Waals surface area contributed by atoms with Crippen LogP contribution in [0.25, 0.3) is 0 Å². The van der Waals surface area contributed by atoms with E-state index >= 15 is 0 Å². The average Bonchev–Trinajstić information content (AvgIpc) is 2.27. The molecule has 1 atom stereocenters. The van der Waals surface area contributed by atoms with Crippen molar-refractivity contribution in [2.45, 2.75) is 32.7 Å². The quantitative estimate of drug-likeness (QED) is 0.464. The SMILES string of the molecule is CC#CCC(COCCOC)NCCC. The third-order valence-electron chi connectivity index (χ3n) is 1.96. The van der Waals surface area contributed by atoms with Crippen molar-refractivity contribution in [3.05, 3.63) is 0 Å². The maximum atomic E-state index is 5.48. The molecule has 0 saturated heterocycles. The average molecular weight is 213 g/mol. The molecular weight excluding hydrogens is 190 g/mol. The van der Waals surface area contributed by atoms with Gasteiger partial charge in [-0.25, -0.2) is 0 Å². The Kier molecular flexibility index (Phi) is 11.1. The molecule has 0 aliphatic heterocycles. The van der Waals surface area contributed by atoms with E-state index in [1.807, 2.05) is 6.92 Å². The van der Waals surface area contributed by atoms with E-state index in [1.165, 1.54) is 0 Å². The molecule has 88 valence electrons. The molecule has 0 spiro atoms. The lowest BCUT2D eigenvalue weighted by Crippen LogP contribution is -2.34. The predicted molar refractivity (Wildman–Crippen MR) is 62.8 cm³/mol. The number of hydrogen-bond donors (Lipinski definition) is 1. The predicted octanol–water partition coefficient (Wildman–Crippen LogP) is 1.43. The van der Waals surface area contributed by atoms with Crippen LogP contribution in [0.3, 0.4) is 0 Å². The van der Waals surface area contributed by atoms with Gasteiger partial charge in [0.05, 0.1) is 19.8 Å². The largest absolute Gasteiger partial charge is 0.382 e. The molecule has 0 aromatic carbocycles. The molecule has 0 aromatic heterocycles. The highest BCUT2D eigenvalue weighted by Gasteiger charge is 2.05. The number of methoxy groups -OCH3 is 1. The van der Waals surface area contributed by atoms with Gasteiger partial charge in [-0.2, -0.15) is 0 Å². The Morgan fingerprint density at radius 3 is 2.73 bits per heavy atom. The second kappa shape index (κ2) is 11.5. The molecule has 15 heavy (non-hydrogen) atoms. The van der Waals surface area contributed by atoms with E-state index in [9.17, 15) is 0 Å². The third-order valence-corrected chi connectivity index (χ3v) is 1.96. The Hall–Kier alpha value is -0.560. The molecule has 0 bridgehead atoms. The number of hydrogen-bond acceptors (Lipinski definition) is 3. The normalized spacial score (nSPS) is 11.9. The number of nitrogens with one attached hydrogen (secondary N) is 1. The van der Waals surface area contributed by atoms with Crippen molar-refractivity contribution in [2.75, 3.05) is 33.5 Å². The van der Waals surface area contributed by atoms with Crippen molar-refractivity contribution in [1.82, 2.24) is 5.32 Å². The molecule has 0 radical (unpaired) electrons. The summed E-state index contributed by atoms with van der Waals surface area (Å²) in [5.41, 5.74) is 0. The van der Waals surface area contributed by atoms with Crippen LogP contribution < -0.4 is 5.32 Å². The summed E-state index contributed by atoms with van der Waals surface area (Å²) < 4.78 is 10.4. The zero-order valence-corrected chi connectivity index (χ0v) is 10.1. The van der Waals surface area contributed by atoms with Gasteiger partial charge in [-0.3, -0.25) is 0 Å². The van der Waals surface area contributed by atoms with Crippen LogP contribution in [0.15, 0.2) is 0 Å². The second-order valence-electron chi connectivity index (χ2n) is 3.35. The van der Waals surface area contributed by atoms with Crippen molar-refractivity contribution in [2.24, 2.45) is 0 Å². The third kappa shape index (κ3) is 9.74. The molecule has 0 heterocycles. The van der Waals surface area contributed by atoms with E-state index < -0.39 is 0 Å². The fraction of sp³-hybridized carbons (Fsp3) is 0.833. The molecule has 0 amide bonds. The highest BCUT2D eigenvalue weighted by atomic mass is 16.5.